The molecule has 0 atom stereocenters. The number of hydrogen-bond acceptors (Lipinski definition) is 3. The Kier molecular flexibility index (Phi) is 3.58. The third kappa shape index (κ3) is 2.17. The summed E-state index contributed by atoms with van der Waals surface area (Å²) in [6, 6.07) is 12.6. The van der Waals surface area contributed by atoms with Gasteiger partial charge in [0.1, 0.15) is 0 Å². The first kappa shape index (κ1) is 12.7. The van der Waals surface area contributed by atoms with Gasteiger partial charge in [0.25, 0.3) is 0 Å². The van der Waals surface area contributed by atoms with Gasteiger partial charge in [-0.05, 0) is 0 Å². The molecule has 0 aromatic carbocycles. The summed E-state index contributed by atoms with van der Waals surface area (Å²) in [5, 5.41) is 18.8. The summed E-state index contributed by atoms with van der Waals surface area (Å²) in [4.78, 5) is 6.25. The third-order valence-electron chi connectivity index (χ3n) is 2.62. The van der Waals surface area contributed by atoms with Crippen molar-refractivity contribution in [2.24, 2.45) is 0 Å². The Hall–Kier alpha value is -1.32. The molecule has 19 heavy (non-hydrogen) atoms. The van der Waals surface area contributed by atoms with Gasteiger partial charge in [-0.25, -0.2) is 0 Å². The summed E-state index contributed by atoms with van der Waals surface area (Å²) in [5.74, 6) is 0. The SMILES string of the molecule is N#Cc1c(-c2ccc[se]2)sc(-c2ccc[se]2)c1C#N. The van der Waals surface area contributed by atoms with E-state index < -0.39 is 0 Å². The molecule has 0 bridgehead atoms. The van der Waals surface area contributed by atoms with Crippen LogP contribution in [0.3, 0.4) is 0 Å². The molecule has 5 heteroatoms. The van der Waals surface area contributed by atoms with Gasteiger partial charge in [0.05, 0.1) is 0 Å². The molecule has 0 aliphatic carbocycles. The number of nitrogens with zero attached hydrogens (tertiary/aromatic N) is 2. The Morgan fingerprint density at radius 1 is 0.842 bits per heavy atom. The van der Waals surface area contributed by atoms with Gasteiger partial charge in [-0.2, -0.15) is 0 Å². The first-order chi connectivity index (χ1) is 9.35. The van der Waals surface area contributed by atoms with Crippen LogP contribution < -0.4 is 0 Å². The Morgan fingerprint density at radius 3 is 1.63 bits per heavy atom. The number of rotatable bonds is 2. The average Bonchev–Trinajstić information content (AvgIpc) is 3.16. The van der Waals surface area contributed by atoms with Crippen molar-refractivity contribution in [2.45, 2.75) is 0 Å². The van der Waals surface area contributed by atoms with E-state index in [0.717, 1.165) is 9.75 Å². The molecular formula is C14H6N2SSe2. The standard InChI is InChI=1S/C14H6N2SSe2/c15-7-9-10(8-16)14(12-4-2-6-19-12)17-13(9)11-3-1-5-18-11/h1-6H. The van der Waals surface area contributed by atoms with Gasteiger partial charge in [-0.3, -0.25) is 0 Å². The van der Waals surface area contributed by atoms with E-state index in [-0.39, 0.29) is 29.0 Å². The summed E-state index contributed by atoms with van der Waals surface area (Å²) in [6.07, 6.45) is 0. The van der Waals surface area contributed by atoms with E-state index in [4.69, 9.17) is 0 Å². The van der Waals surface area contributed by atoms with Crippen LogP contribution in [0.2, 0.25) is 0 Å². The molecule has 0 N–H and O–H groups in total. The summed E-state index contributed by atoms with van der Waals surface area (Å²) >= 11 is 2.17. The molecule has 0 spiro atoms. The molecule has 3 heterocycles. The number of thiophene rings is 1. The van der Waals surface area contributed by atoms with Crippen LogP contribution in [-0.2, 0) is 0 Å². The number of hydrogen-bond donors (Lipinski definition) is 0. The van der Waals surface area contributed by atoms with Crippen LogP contribution in [0.4, 0.5) is 0 Å². The minimum atomic E-state index is 0.286. The fourth-order valence-corrected chi connectivity index (χ4v) is 6.68. The first-order valence-electron chi connectivity index (χ1n) is 5.40. The quantitative estimate of drug-likeness (QED) is 0.630. The van der Waals surface area contributed by atoms with Gasteiger partial charge in [-0.1, -0.05) is 0 Å². The fraction of sp³-hybridized carbons (Fsp3) is 0. The van der Waals surface area contributed by atoms with Crippen LogP contribution in [0.1, 0.15) is 11.1 Å². The summed E-state index contributed by atoms with van der Waals surface area (Å²) in [7, 11) is 0. The van der Waals surface area contributed by atoms with Gasteiger partial charge in [-0.15, -0.1) is 0 Å². The molecule has 0 unspecified atom stereocenters. The van der Waals surface area contributed by atoms with Crippen LogP contribution in [0.25, 0.3) is 18.6 Å². The Balaban J connectivity index is 2.29. The monoisotopic (exact) mass is 394 g/mol. The first-order valence-corrected chi connectivity index (χ1v) is 9.90. The zero-order valence-corrected chi connectivity index (χ0v) is 13.8. The molecule has 3 aromatic heterocycles. The third-order valence-corrected chi connectivity index (χ3v) is 8.18. The van der Waals surface area contributed by atoms with Crippen molar-refractivity contribution in [1.82, 2.24) is 0 Å². The second-order valence-corrected chi connectivity index (χ2v) is 8.69. The predicted molar refractivity (Wildman–Crippen MR) is 78.5 cm³/mol. The molecule has 0 saturated carbocycles. The van der Waals surface area contributed by atoms with Crippen molar-refractivity contribution in [3.8, 4) is 30.8 Å². The molecule has 3 aromatic rings. The van der Waals surface area contributed by atoms with Crippen LogP contribution in [0.5, 0.6) is 0 Å². The van der Waals surface area contributed by atoms with E-state index in [1.807, 2.05) is 12.1 Å². The second kappa shape index (κ2) is 5.35. The summed E-state index contributed by atoms with van der Waals surface area (Å²) in [6.45, 7) is 0. The van der Waals surface area contributed by atoms with E-state index >= 15 is 0 Å². The van der Waals surface area contributed by atoms with Crippen molar-refractivity contribution in [3.05, 3.63) is 45.3 Å². The molecule has 90 valence electrons. The van der Waals surface area contributed by atoms with Gasteiger partial charge in [0.2, 0.25) is 0 Å². The molecule has 3 rings (SSSR count). The molecule has 0 aliphatic heterocycles. The van der Waals surface area contributed by atoms with Crippen molar-refractivity contribution in [2.75, 3.05) is 0 Å². The Bertz CT molecular complexity index is 717. The van der Waals surface area contributed by atoms with Crippen molar-refractivity contribution < 1.29 is 0 Å². The minimum absolute atomic E-state index is 0.286. The van der Waals surface area contributed by atoms with E-state index in [9.17, 15) is 10.5 Å². The Labute approximate surface area is 126 Å². The van der Waals surface area contributed by atoms with E-state index in [1.165, 1.54) is 8.87 Å². The molecule has 2 nitrogen and oxygen atoms in total. The van der Waals surface area contributed by atoms with Crippen LogP contribution in [0.15, 0.2) is 34.1 Å². The number of nitriles is 2. The zero-order chi connectivity index (χ0) is 13.2. The van der Waals surface area contributed by atoms with Crippen LogP contribution in [0, 0.1) is 22.7 Å². The molecule has 0 aliphatic rings. The van der Waals surface area contributed by atoms with Crippen molar-refractivity contribution >= 4 is 40.3 Å². The van der Waals surface area contributed by atoms with Crippen molar-refractivity contribution in [3.63, 3.8) is 0 Å². The van der Waals surface area contributed by atoms with E-state index in [1.54, 1.807) is 11.3 Å². The zero-order valence-electron chi connectivity index (χ0n) is 9.58. The maximum atomic E-state index is 9.38. The maximum absolute atomic E-state index is 9.38. The van der Waals surface area contributed by atoms with Crippen molar-refractivity contribution in [1.29, 1.82) is 10.5 Å². The predicted octanol–water partition coefficient (Wildman–Crippen LogP) is 2.94. The molecule has 0 amide bonds. The molecule has 0 radical (unpaired) electrons. The van der Waals surface area contributed by atoms with Gasteiger partial charge in [0, 0.05) is 0 Å². The Morgan fingerprint density at radius 2 is 1.32 bits per heavy atom. The van der Waals surface area contributed by atoms with Crippen LogP contribution >= 0.6 is 11.3 Å². The van der Waals surface area contributed by atoms with Gasteiger partial charge in [0.15, 0.2) is 0 Å². The van der Waals surface area contributed by atoms with Gasteiger partial charge < -0.3 is 0 Å². The summed E-state index contributed by atoms with van der Waals surface area (Å²) < 4.78 is 2.41. The van der Waals surface area contributed by atoms with Crippen LogP contribution in [-0.4, -0.2) is 29.0 Å². The average molecular weight is 392 g/mol. The van der Waals surface area contributed by atoms with E-state index in [2.05, 4.69) is 34.2 Å². The van der Waals surface area contributed by atoms with E-state index in [0.29, 0.717) is 11.1 Å². The second-order valence-electron chi connectivity index (χ2n) is 3.69. The fourth-order valence-electron chi connectivity index (χ4n) is 1.81. The molecular weight excluding hydrogens is 386 g/mol. The normalized spacial score (nSPS) is 10.0. The summed E-state index contributed by atoms with van der Waals surface area (Å²) in [5.41, 5.74) is 1.12. The molecule has 0 saturated heterocycles. The molecule has 0 fully saturated rings. The topological polar surface area (TPSA) is 47.6 Å². The van der Waals surface area contributed by atoms with Gasteiger partial charge >= 0.3 is 127 Å².